The number of benzene rings is 1. The predicted octanol–water partition coefficient (Wildman–Crippen LogP) is 2.70. The molecule has 0 aliphatic heterocycles. The molecule has 1 amide bonds. The van der Waals surface area contributed by atoms with Crippen molar-refractivity contribution >= 4 is 29.0 Å². The highest BCUT2D eigenvalue weighted by atomic mass is 35.5. The zero-order valence-corrected chi connectivity index (χ0v) is 15.6. The number of halogens is 4. The second-order valence-electron chi connectivity index (χ2n) is 6.02. The van der Waals surface area contributed by atoms with Crippen LogP contribution in [-0.2, 0) is 24.1 Å². The lowest BCUT2D eigenvalue weighted by Crippen LogP contribution is -2.43. The molecular formula is C17H18ClF3N4O3. The topological polar surface area (TPSA) is 99.1 Å². The molecule has 2 aromatic rings. The SMILES string of the molecule is CCCCn1c(N)cc(=O)n(CC(=O)Nc2ccc(Cl)c(C(F)(F)F)c2)c1=O. The Balaban J connectivity index is 2.27. The monoisotopic (exact) mass is 418 g/mol. The van der Waals surface area contributed by atoms with E-state index in [0.717, 1.165) is 18.6 Å². The summed E-state index contributed by atoms with van der Waals surface area (Å²) in [6.07, 6.45) is -3.28. The van der Waals surface area contributed by atoms with Crippen molar-refractivity contribution < 1.29 is 18.0 Å². The number of unbranched alkanes of at least 4 members (excludes halogenated alkanes) is 1. The van der Waals surface area contributed by atoms with Crippen LogP contribution in [-0.4, -0.2) is 15.0 Å². The summed E-state index contributed by atoms with van der Waals surface area (Å²) in [5.74, 6) is -0.867. The Hall–Kier alpha value is -2.75. The van der Waals surface area contributed by atoms with E-state index in [9.17, 15) is 27.6 Å². The molecule has 0 aliphatic rings. The average molecular weight is 419 g/mol. The van der Waals surface area contributed by atoms with E-state index in [2.05, 4.69) is 5.32 Å². The molecule has 3 N–H and O–H groups in total. The van der Waals surface area contributed by atoms with Crippen LogP contribution in [0, 0.1) is 0 Å². The van der Waals surface area contributed by atoms with Gasteiger partial charge in [0, 0.05) is 18.3 Å². The van der Waals surface area contributed by atoms with Gasteiger partial charge in [-0.3, -0.25) is 18.7 Å². The maximum absolute atomic E-state index is 12.9. The van der Waals surface area contributed by atoms with Crippen LogP contribution in [0.4, 0.5) is 24.7 Å². The van der Waals surface area contributed by atoms with E-state index in [4.69, 9.17) is 17.3 Å². The van der Waals surface area contributed by atoms with E-state index in [0.29, 0.717) is 17.1 Å². The largest absolute Gasteiger partial charge is 0.417 e. The lowest BCUT2D eigenvalue weighted by molar-refractivity contribution is -0.137. The van der Waals surface area contributed by atoms with Gasteiger partial charge in [-0.1, -0.05) is 24.9 Å². The highest BCUT2D eigenvalue weighted by Gasteiger charge is 2.33. The summed E-state index contributed by atoms with van der Waals surface area (Å²) in [6.45, 7) is 1.51. The number of rotatable bonds is 6. The van der Waals surface area contributed by atoms with Gasteiger partial charge in [0.25, 0.3) is 5.56 Å². The molecule has 0 saturated carbocycles. The summed E-state index contributed by atoms with van der Waals surface area (Å²) in [5, 5.41) is 1.71. The fourth-order valence-corrected chi connectivity index (χ4v) is 2.71. The summed E-state index contributed by atoms with van der Waals surface area (Å²) in [6, 6.07) is 3.87. The summed E-state index contributed by atoms with van der Waals surface area (Å²) < 4.78 is 40.6. The molecule has 28 heavy (non-hydrogen) atoms. The number of aromatic nitrogens is 2. The zero-order valence-electron chi connectivity index (χ0n) is 14.8. The zero-order chi connectivity index (χ0) is 21.1. The maximum Gasteiger partial charge on any atom is 0.417 e. The minimum atomic E-state index is -4.70. The molecule has 7 nitrogen and oxygen atoms in total. The number of amides is 1. The van der Waals surface area contributed by atoms with E-state index >= 15 is 0 Å². The highest BCUT2D eigenvalue weighted by Crippen LogP contribution is 2.36. The van der Waals surface area contributed by atoms with Crippen LogP contribution in [0.5, 0.6) is 0 Å². The van der Waals surface area contributed by atoms with Gasteiger partial charge in [-0.05, 0) is 24.6 Å². The number of nitrogens with zero attached hydrogens (tertiary/aromatic N) is 2. The molecule has 0 radical (unpaired) electrons. The van der Waals surface area contributed by atoms with Crippen molar-refractivity contribution in [1.82, 2.24) is 9.13 Å². The van der Waals surface area contributed by atoms with Crippen LogP contribution in [0.3, 0.4) is 0 Å². The molecule has 0 fully saturated rings. The Morgan fingerprint density at radius 1 is 1.21 bits per heavy atom. The van der Waals surface area contributed by atoms with Gasteiger partial charge in [-0.2, -0.15) is 13.2 Å². The molecule has 0 saturated heterocycles. The number of carbonyl (C=O) groups is 1. The van der Waals surface area contributed by atoms with Crippen LogP contribution in [0.25, 0.3) is 0 Å². The third-order valence-electron chi connectivity index (χ3n) is 3.90. The summed E-state index contributed by atoms with van der Waals surface area (Å²) in [5.41, 5.74) is 2.86. The molecule has 152 valence electrons. The van der Waals surface area contributed by atoms with Gasteiger partial charge in [0.2, 0.25) is 5.91 Å². The van der Waals surface area contributed by atoms with Gasteiger partial charge in [0.05, 0.1) is 10.6 Å². The van der Waals surface area contributed by atoms with Crippen molar-refractivity contribution in [3.63, 3.8) is 0 Å². The first-order chi connectivity index (χ1) is 13.0. The van der Waals surface area contributed by atoms with Crippen molar-refractivity contribution in [2.75, 3.05) is 11.1 Å². The summed E-state index contributed by atoms with van der Waals surface area (Å²) in [4.78, 5) is 36.6. The predicted molar refractivity (Wildman–Crippen MR) is 99.4 cm³/mol. The molecule has 1 aromatic carbocycles. The van der Waals surface area contributed by atoms with Crippen molar-refractivity contribution in [2.24, 2.45) is 0 Å². The average Bonchev–Trinajstić information content (AvgIpc) is 2.59. The van der Waals surface area contributed by atoms with Gasteiger partial charge in [-0.15, -0.1) is 0 Å². The number of nitrogens with two attached hydrogens (primary N) is 1. The molecule has 0 unspecified atom stereocenters. The summed E-state index contributed by atoms with van der Waals surface area (Å²) in [7, 11) is 0. The fraction of sp³-hybridized carbons (Fsp3) is 0.353. The minimum absolute atomic E-state index is 0.0207. The number of hydrogen-bond donors (Lipinski definition) is 2. The lowest BCUT2D eigenvalue weighted by atomic mass is 10.2. The van der Waals surface area contributed by atoms with Crippen LogP contribution < -0.4 is 22.3 Å². The molecule has 2 rings (SSSR count). The van der Waals surface area contributed by atoms with E-state index in [1.807, 2.05) is 6.92 Å². The molecule has 1 aromatic heterocycles. The molecular weight excluding hydrogens is 401 g/mol. The van der Waals surface area contributed by atoms with E-state index in [1.54, 1.807) is 0 Å². The Morgan fingerprint density at radius 3 is 2.50 bits per heavy atom. The minimum Gasteiger partial charge on any atom is -0.385 e. The number of anilines is 2. The van der Waals surface area contributed by atoms with E-state index in [-0.39, 0.29) is 18.1 Å². The maximum atomic E-state index is 12.9. The molecule has 11 heteroatoms. The van der Waals surface area contributed by atoms with Gasteiger partial charge >= 0.3 is 11.9 Å². The fourth-order valence-electron chi connectivity index (χ4n) is 2.48. The van der Waals surface area contributed by atoms with Crippen LogP contribution in [0.1, 0.15) is 25.3 Å². The standard InChI is InChI=1S/C17H18ClF3N4O3/c1-2-3-6-24-13(22)8-15(27)25(16(24)28)9-14(26)23-10-4-5-12(18)11(7-10)17(19,20)21/h4-5,7-8H,2-3,6,9,22H2,1H3,(H,23,26). The number of carbonyl (C=O) groups excluding carboxylic acids is 1. The summed E-state index contributed by atoms with van der Waals surface area (Å²) >= 11 is 5.53. The van der Waals surface area contributed by atoms with Gasteiger partial charge < -0.3 is 11.1 Å². The molecule has 0 atom stereocenters. The molecule has 1 heterocycles. The van der Waals surface area contributed by atoms with E-state index < -0.39 is 40.5 Å². The van der Waals surface area contributed by atoms with Crippen LogP contribution in [0.2, 0.25) is 5.02 Å². The van der Waals surface area contributed by atoms with Gasteiger partial charge in [-0.25, -0.2) is 4.79 Å². The smallest absolute Gasteiger partial charge is 0.385 e. The van der Waals surface area contributed by atoms with E-state index in [1.165, 1.54) is 10.6 Å². The lowest BCUT2D eigenvalue weighted by Gasteiger charge is -2.14. The number of nitrogen functional groups attached to an aromatic ring is 1. The molecule has 0 bridgehead atoms. The second kappa shape index (κ2) is 8.51. The third-order valence-corrected chi connectivity index (χ3v) is 4.23. The van der Waals surface area contributed by atoms with Crippen molar-refractivity contribution in [1.29, 1.82) is 0 Å². The van der Waals surface area contributed by atoms with Crippen molar-refractivity contribution in [3.05, 3.63) is 55.7 Å². The first-order valence-electron chi connectivity index (χ1n) is 8.31. The highest BCUT2D eigenvalue weighted by molar-refractivity contribution is 6.31. The quantitative estimate of drug-likeness (QED) is 0.753. The van der Waals surface area contributed by atoms with Gasteiger partial charge in [0.15, 0.2) is 0 Å². The number of alkyl halides is 3. The first-order valence-corrected chi connectivity index (χ1v) is 8.69. The number of nitrogens with one attached hydrogen (secondary N) is 1. The van der Waals surface area contributed by atoms with Crippen molar-refractivity contribution in [2.45, 2.75) is 39.0 Å². The Kier molecular flexibility index (Phi) is 6.55. The van der Waals surface area contributed by atoms with Crippen LogP contribution in [0.15, 0.2) is 33.9 Å². The third kappa shape index (κ3) is 4.94. The second-order valence-corrected chi connectivity index (χ2v) is 6.43. The van der Waals surface area contributed by atoms with Crippen molar-refractivity contribution in [3.8, 4) is 0 Å². The normalized spacial score (nSPS) is 11.5. The molecule has 0 spiro atoms. The first kappa shape index (κ1) is 21.5. The Bertz CT molecular complexity index is 999. The Labute approximate surface area is 162 Å². The number of hydrogen-bond acceptors (Lipinski definition) is 4. The molecule has 0 aliphatic carbocycles. The van der Waals surface area contributed by atoms with Gasteiger partial charge in [0.1, 0.15) is 12.4 Å². The Morgan fingerprint density at radius 2 is 1.89 bits per heavy atom. The van der Waals surface area contributed by atoms with Crippen LogP contribution >= 0.6 is 11.6 Å².